The topological polar surface area (TPSA) is 47.3 Å². The van der Waals surface area contributed by atoms with Gasteiger partial charge in [-0.1, -0.05) is 24.6 Å². The van der Waals surface area contributed by atoms with Crippen molar-refractivity contribution in [1.82, 2.24) is 9.78 Å². The van der Waals surface area contributed by atoms with Crippen molar-refractivity contribution in [3.05, 3.63) is 82.9 Å². The number of hydrogen-bond acceptors (Lipinski definition) is 3. The van der Waals surface area contributed by atoms with Crippen LogP contribution in [0.5, 0.6) is 5.75 Å². The Morgan fingerprint density at radius 2 is 1.86 bits per heavy atom. The van der Waals surface area contributed by atoms with Crippen LogP contribution in [0.25, 0.3) is 11.8 Å². The Balaban J connectivity index is 1.71. The van der Waals surface area contributed by atoms with Gasteiger partial charge in [0, 0.05) is 11.3 Å². The van der Waals surface area contributed by atoms with Crippen molar-refractivity contribution in [2.45, 2.75) is 26.2 Å². The van der Waals surface area contributed by atoms with E-state index in [2.05, 4.69) is 25.0 Å². The van der Waals surface area contributed by atoms with Crippen molar-refractivity contribution in [1.29, 1.82) is 0 Å². The summed E-state index contributed by atoms with van der Waals surface area (Å²) in [6.45, 7) is 4.36. The fourth-order valence-electron chi connectivity index (χ4n) is 4.28. The van der Waals surface area contributed by atoms with E-state index >= 15 is 0 Å². The molecular weight excluding hydrogens is 367 g/mol. The largest absolute Gasteiger partial charge is 0.497 e. The Kier molecular flexibility index (Phi) is 5.01. The van der Waals surface area contributed by atoms with Crippen LogP contribution in [0, 0.1) is 11.2 Å². The summed E-state index contributed by atoms with van der Waals surface area (Å²) in [7, 11) is 1.65. The molecular formula is C24H25FN2O2. The minimum absolute atomic E-state index is 0.0491. The lowest BCUT2D eigenvalue weighted by Crippen LogP contribution is -2.34. The highest BCUT2D eigenvalue weighted by atomic mass is 19.1. The fraction of sp³-hybridized carbons (Fsp3) is 0.292. The SMILES string of the molecule is COc1ccc(C(CO)[C@]2(C)Cc3cnn(-c4ccc(F)cc4)c3C=C2C)cc1. The van der Waals surface area contributed by atoms with Gasteiger partial charge in [-0.25, -0.2) is 9.07 Å². The quantitative estimate of drug-likeness (QED) is 0.681. The summed E-state index contributed by atoms with van der Waals surface area (Å²) in [4.78, 5) is 0. The predicted molar refractivity (Wildman–Crippen MR) is 112 cm³/mol. The van der Waals surface area contributed by atoms with Crippen molar-refractivity contribution in [3.8, 4) is 11.4 Å². The van der Waals surface area contributed by atoms with Crippen molar-refractivity contribution < 1.29 is 14.2 Å². The molecule has 0 saturated heterocycles. The molecule has 3 aromatic rings. The molecule has 29 heavy (non-hydrogen) atoms. The molecule has 1 heterocycles. The first kappa shape index (κ1) is 19.4. The predicted octanol–water partition coefficient (Wildman–Crippen LogP) is 4.76. The minimum Gasteiger partial charge on any atom is -0.497 e. The van der Waals surface area contributed by atoms with Crippen molar-refractivity contribution >= 4 is 6.08 Å². The van der Waals surface area contributed by atoms with Crippen LogP contribution in [-0.4, -0.2) is 28.6 Å². The van der Waals surface area contributed by atoms with Crippen LogP contribution in [-0.2, 0) is 6.42 Å². The van der Waals surface area contributed by atoms with E-state index in [9.17, 15) is 9.50 Å². The molecule has 2 aromatic carbocycles. The molecule has 0 fully saturated rings. The summed E-state index contributed by atoms with van der Waals surface area (Å²) in [5.74, 6) is 0.487. The van der Waals surface area contributed by atoms with Crippen molar-refractivity contribution in [3.63, 3.8) is 0 Å². The summed E-state index contributed by atoms with van der Waals surface area (Å²) in [5.41, 5.74) is 4.98. The van der Waals surface area contributed by atoms with E-state index in [1.807, 2.05) is 35.1 Å². The number of rotatable bonds is 5. The first-order valence-corrected chi connectivity index (χ1v) is 9.72. The second-order valence-electron chi connectivity index (χ2n) is 7.87. The number of nitrogens with zero attached hydrogens (tertiary/aromatic N) is 2. The minimum atomic E-state index is -0.264. The molecule has 1 N–H and O–H groups in total. The van der Waals surface area contributed by atoms with Crippen LogP contribution in [0.1, 0.15) is 36.6 Å². The third-order valence-electron chi connectivity index (χ3n) is 6.24. The van der Waals surface area contributed by atoms with Gasteiger partial charge in [0.2, 0.25) is 0 Å². The smallest absolute Gasteiger partial charge is 0.123 e. The Morgan fingerprint density at radius 3 is 2.48 bits per heavy atom. The Morgan fingerprint density at radius 1 is 1.17 bits per heavy atom. The van der Waals surface area contributed by atoms with Gasteiger partial charge < -0.3 is 9.84 Å². The fourth-order valence-corrected chi connectivity index (χ4v) is 4.28. The first-order chi connectivity index (χ1) is 14.0. The van der Waals surface area contributed by atoms with Gasteiger partial charge in [0.25, 0.3) is 0 Å². The zero-order chi connectivity index (χ0) is 20.6. The number of aromatic nitrogens is 2. The molecule has 4 rings (SSSR count). The number of ether oxygens (including phenoxy) is 1. The maximum absolute atomic E-state index is 13.3. The highest BCUT2D eigenvalue weighted by molar-refractivity contribution is 5.61. The Bertz CT molecular complexity index is 1040. The lowest BCUT2D eigenvalue weighted by molar-refractivity contribution is 0.183. The molecule has 0 radical (unpaired) electrons. The third kappa shape index (κ3) is 3.36. The molecule has 4 nitrogen and oxygen atoms in total. The highest BCUT2D eigenvalue weighted by Crippen LogP contribution is 2.48. The molecule has 1 aliphatic carbocycles. The maximum atomic E-state index is 13.3. The normalized spacial score (nSPS) is 19.4. The molecule has 0 amide bonds. The van der Waals surface area contributed by atoms with Gasteiger partial charge in [-0.05, 0) is 66.9 Å². The lowest BCUT2D eigenvalue weighted by atomic mass is 9.64. The summed E-state index contributed by atoms with van der Waals surface area (Å²) >= 11 is 0. The molecule has 0 saturated carbocycles. The van der Waals surface area contributed by atoms with E-state index in [4.69, 9.17) is 4.74 Å². The summed E-state index contributed by atoms with van der Waals surface area (Å²) in [6.07, 6.45) is 4.78. The number of aliphatic hydroxyl groups is 1. The molecule has 2 atom stereocenters. The van der Waals surface area contributed by atoms with Gasteiger partial charge in [-0.2, -0.15) is 5.10 Å². The summed E-state index contributed by atoms with van der Waals surface area (Å²) < 4.78 is 20.4. The maximum Gasteiger partial charge on any atom is 0.123 e. The number of aliphatic hydroxyl groups excluding tert-OH is 1. The van der Waals surface area contributed by atoms with E-state index in [1.165, 1.54) is 17.7 Å². The average Bonchev–Trinajstić information content (AvgIpc) is 3.12. The Labute approximate surface area is 170 Å². The molecule has 150 valence electrons. The van der Waals surface area contributed by atoms with Gasteiger partial charge in [0.05, 0.1) is 31.3 Å². The monoisotopic (exact) mass is 392 g/mol. The van der Waals surface area contributed by atoms with E-state index < -0.39 is 0 Å². The van der Waals surface area contributed by atoms with Crippen LogP contribution in [0.3, 0.4) is 0 Å². The zero-order valence-corrected chi connectivity index (χ0v) is 16.9. The molecule has 1 aromatic heterocycles. The second-order valence-corrected chi connectivity index (χ2v) is 7.87. The molecule has 0 spiro atoms. The van der Waals surface area contributed by atoms with Crippen LogP contribution in [0.15, 0.2) is 60.3 Å². The number of fused-ring (bicyclic) bond motifs is 1. The van der Waals surface area contributed by atoms with E-state index in [1.54, 1.807) is 19.2 Å². The van der Waals surface area contributed by atoms with Crippen LogP contribution in [0.2, 0.25) is 0 Å². The molecule has 1 aliphatic rings. The summed E-state index contributed by atoms with van der Waals surface area (Å²) in [6, 6.07) is 14.3. The van der Waals surface area contributed by atoms with Crippen molar-refractivity contribution in [2.24, 2.45) is 5.41 Å². The average molecular weight is 392 g/mol. The molecule has 0 bridgehead atoms. The molecule has 1 unspecified atom stereocenters. The third-order valence-corrected chi connectivity index (χ3v) is 6.24. The van der Waals surface area contributed by atoms with Gasteiger partial charge >= 0.3 is 0 Å². The molecule has 5 heteroatoms. The second kappa shape index (κ2) is 7.48. The number of benzene rings is 2. The first-order valence-electron chi connectivity index (χ1n) is 9.72. The van der Waals surface area contributed by atoms with Gasteiger partial charge in [-0.15, -0.1) is 0 Å². The highest BCUT2D eigenvalue weighted by Gasteiger charge is 2.40. The van der Waals surface area contributed by atoms with Gasteiger partial charge in [0.15, 0.2) is 0 Å². The Hall–Kier alpha value is -2.92. The van der Waals surface area contributed by atoms with Crippen LogP contribution >= 0.6 is 0 Å². The van der Waals surface area contributed by atoms with Gasteiger partial charge in [-0.3, -0.25) is 0 Å². The standard InChI is InChI=1S/C24H25FN2O2/c1-16-12-23-18(14-26-27(23)20-8-6-19(25)7-9-20)13-24(16,2)22(15-28)17-4-10-21(29-3)11-5-17/h4-12,14,22,28H,13,15H2,1-3H3/t22?,24-/m1/s1. The molecule has 0 aliphatic heterocycles. The van der Waals surface area contributed by atoms with Crippen molar-refractivity contribution in [2.75, 3.05) is 13.7 Å². The number of allylic oxidation sites excluding steroid dienone is 1. The number of halogens is 1. The lowest BCUT2D eigenvalue weighted by Gasteiger charge is -2.40. The zero-order valence-electron chi connectivity index (χ0n) is 16.9. The van der Waals surface area contributed by atoms with Crippen LogP contribution < -0.4 is 4.74 Å². The number of methoxy groups -OCH3 is 1. The summed E-state index contributed by atoms with van der Waals surface area (Å²) in [5, 5.41) is 14.8. The van der Waals surface area contributed by atoms with E-state index in [0.717, 1.165) is 34.7 Å². The van der Waals surface area contributed by atoms with E-state index in [0.29, 0.717) is 0 Å². The number of hydrogen-bond donors (Lipinski definition) is 1. The van der Waals surface area contributed by atoms with E-state index in [-0.39, 0.29) is 23.8 Å². The van der Waals surface area contributed by atoms with Gasteiger partial charge in [0.1, 0.15) is 11.6 Å². The van der Waals surface area contributed by atoms with Crippen LogP contribution in [0.4, 0.5) is 4.39 Å².